The summed E-state index contributed by atoms with van der Waals surface area (Å²) < 4.78 is 0. The second-order valence-corrected chi connectivity index (χ2v) is 6.22. The zero-order valence-corrected chi connectivity index (χ0v) is 12.7. The highest BCUT2D eigenvalue weighted by Gasteiger charge is 2.33. The van der Waals surface area contributed by atoms with Gasteiger partial charge >= 0.3 is 6.03 Å². The van der Waals surface area contributed by atoms with E-state index in [0.717, 1.165) is 39.3 Å². The maximum Gasteiger partial charge on any atom is 0.320 e. The van der Waals surface area contributed by atoms with Crippen molar-refractivity contribution in [2.45, 2.75) is 45.8 Å². The molecule has 2 heterocycles. The molecule has 0 aromatic carbocycles. The van der Waals surface area contributed by atoms with Gasteiger partial charge in [-0.05, 0) is 27.7 Å². The van der Waals surface area contributed by atoms with Crippen LogP contribution in [0.5, 0.6) is 0 Å². The number of carbonyl (C=O) groups excluding carboxylic acids is 1. The van der Waals surface area contributed by atoms with Crippen LogP contribution < -0.4 is 5.32 Å². The standard InChI is InChI=1S/C14H28N4O/c1-11(2)18(12(3)4)14(19)17-8-7-16-6-5-15-9-13(16)10-17/h11-13,15H,5-10H2,1-4H3. The maximum absolute atomic E-state index is 12.7. The first-order chi connectivity index (χ1) is 9.00. The first-order valence-corrected chi connectivity index (χ1v) is 7.52. The topological polar surface area (TPSA) is 38.8 Å². The first-order valence-electron chi connectivity index (χ1n) is 7.52. The Kier molecular flexibility index (Phi) is 4.68. The molecule has 1 atom stereocenters. The number of amides is 2. The van der Waals surface area contributed by atoms with Gasteiger partial charge in [0.05, 0.1) is 0 Å². The van der Waals surface area contributed by atoms with Crippen LogP contribution in [0, 0.1) is 0 Å². The summed E-state index contributed by atoms with van der Waals surface area (Å²) in [5.41, 5.74) is 0. The number of urea groups is 1. The highest BCUT2D eigenvalue weighted by molar-refractivity contribution is 5.75. The Morgan fingerprint density at radius 2 is 1.84 bits per heavy atom. The summed E-state index contributed by atoms with van der Waals surface area (Å²) in [4.78, 5) is 19.2. The summed E-state index contributed by atoms with van der Waals surface area (Å²) >= 11 is 0. The smallest absolute Gasteiger partial charge is 0.320 e. The molecule has 2 aliphatic heterocycles. The van der Waals surface area contributed by atoms with Crippen molar-refractivity contribution in [1.82, 2.24) is 20.0 Å². The zero-order chi connectivity index (χ0) is 14.0. The van der Waals surface area contributed by atoms with Crippen LogP contribution in [0.15, 0.2) is 0 Å². The fourth-order valence-corrected chi connectivity index (χ4v) is 3.25. The molecule has 2 fully saturated rings. The molecule has 0 bridgehead atoms. The fourth-order valence-electron chi connectivity index (χ4n) is 3.25. The van der Waals surface area contributed by atoms with E-state index in [2.05, 4.69) is 37.9 Å². The molecular formula is C14H28N4O. The molecule has 19 heavy (non-hydrogen) atoms. The monoisotopic (exact) mass is 268 g/mol. The minimum absolute atomic E-state index is 0.204. The highest BCUT2D eigenvalue weighted by atomic mass is 16.2. The molecule has 2 rings (SSSR count). The number of hydrogen-bond acceptors (Lipinski definition) is 3. The molecule has 0 aliphatic carbocycles. The number of rotatable bonds is 2. The van der Waals surface area contributed by atoms with Gasteiger partial charge in [-0.15, -0.1) is 0 Å². The molecule has 0 spiro atoms. The number of nitrogens with one attached hydrogen (secondary N) is 1. The number of hydrogen-bond donors (Lipinski definition) is 1. The minimum atomic E-state index is 0.204. The van der Waals surface area contributed by atoms with Gasteiger partial charge in [0.25, 0.3) is 0 Å². The lowest BCUT2D eigenvalue weighted by Crippen LogP contribution is -2.64. The molecule has 110 valence electrons. The lowest BCUT2D eigenvalue weighted by atomic mass is 10.1. The molecule has 5 heteroatoms. The second kappa shape index (κ2) is 6.09. The van der Waals surface area contributed by atoms with E-state index in [1.54, 1.807) is 0 Å². The predicted octanol–water partition coefficient (Wildman–Crippen LogP) is 0.815. The van der Waals surface area contributed by atoms with Crippen LogP contribution in [0.2, 0.25) is 0 Å². The van der Waals surface area contributed by atoms with Crippen molar-refractivity contribution < 1.29 is 4.79 Å². The van der Waals surface area contributed by atoms with Gasteiger partial charge in [-0.25, -0.2) is 4.79 Å². The van der Waals surface area contributed by atoms with Crippen LogP contribution in [0.3, 0.4) is 0 Å². The van der Waals surface area contributed by atoms with E-state index >= 15 is 0 Å². The summed E-state index contributed by atoms with van der Waals surface area (Å²) in [6, 6.07) is 1.22. The Morgan fingerprint density at radius 3 is 2.47 bits per heavy atom. The van der Waals surface area contributed by atoms with Crippen molar-refractivity contribution in [2.24, 2.45) is 0 Å². The molecule has 1 unspecified atom stereocenters. The maximum atomic E-state index is 12.7. The lowest BCUT2D eigenvalue weighted by molar-refractivity contribution is 0.0528. The Hall–Kier alpha value is -0.810. The normalized spacial score (nSPS) is 24.7. The van der Waals surface area contributed by atoms with E-state index in [1.165, 1.54) is 0 Å². The summed E-state index contributed by atoms with van der Waals surface area (Å²) in [5, 5.41) is 3.42. The SMILES string of the molecule is CC(C)N(C(=O)N1CCN2CCNCC2C1)C(C)C. The quantitative estimate of drug-likeness (QED) is 0.806. The minimum Gasteiger partial charge on any atom is -0.322 e. The van der Waals surface area contributed by atoms with Gasteiger partial charge in [0.2, 0.25) is 0 Å². The van der Waals surface area contributed by atoms with Crippen LogP contribution in [0.25, 0.3) is 0 Å². The van der Waals surface area contributed by atoms with E-state index in [9.17, 15) is 4.79 Å². The van der Waals surface area contributed by atoms with Crippen molar-refractivity contribution >= 4 is 6.03 Å². The summed E-state index contributed by atoms with van der Waals surface area (Å²) in [6.07, 6.45) is 0. The van der Waals surface area contributed by atoms with Crippen molar-refractivity contribution in [3.63, 3.8) is 0 Å². The van der Waals surface area contributed by atoms with E-state index in [1.807, 2.05) is 9.80 Å². The number of carbonyl (C=O) groups is 1. The third-order valence-corrected chi connectivity index (χ3v) is 4.16. The van der Waals surface area contributed by atoms with Crippen LogP contribution in [-0.2, 0) is 0 Å². The molecular weight excluding hydrogens is 240 g/mol. The summed E-state index contributed by atoms with van der Waals surface area (Å²) in [7, 11) is 0. The first kappa shape index (κ1) is 14.6. The van der Waals surface area contributed by atoms with Crippen LogP contribution >= 0.6 is 0 Å². The highest BCUT2D eigenvalue weighted by Crippen LogP contribution is 2.16. The molecule has 2 aliphatic rings. The van der Waals surface area contributed by atoms with E-state index in [4.69, 9.17) is 0 Å². The van der Waals surface area contributed by atoms with Crippen LogP contribution in [-0.4, -0.2) is 78.1 Å². The Labute approximate surface area is 116 Å². The average molecular weight is 268 g/mol. The van der Waals surface area contributed by atoms with Gasteiger partial charge < -0.3 is 15.1 Å². The Balaban J connectivity index is 1.99. The van der Waals surface area contributed by atoms with E-state index in [-0.39, 0.29) is 18.1 Å². The van der Waals surface area contributed by atoms with E-state index < -0.39 is 0 Å². The molecule has 2 saturated heterocycles. The van der Waals surface area contributed by atoms with Crippen molar-refractivity contribution in [1.29, 1.82) is 0 Å². The van der Waals surface area contributed by atoms with Gasteiger partial charge in [-0.1, -0.05) is 0 Å². The molecule has 0 saturated carbocycles. The van der Waals surface area contributed by atoms with Gasteiger partial charge in [0.15, 0.2) is 0 Å². The number of nitrogens with zero attached hydrogens (tertiary/aromatic N) is 3. The van der Waals surface area contributed by atoms with Crippen LogP contribution in [0.4, 0.5) is 4.79 Å². The lowest BCUT2D eigenvalue weighted by Gasteiger charge is -2.46. The summed E-state index contributed by atoms with van der Waals surface area (Å²) in [5.74, 6) is 0. The molecule has 0 aromatic heterocycles. The Bertz CT molecular complexity index is 311. The number of piperazine rings is 2. The Morgan fingerprint density at radius 1 is 1.16 bits per heavy atom. The fraction of sp³-hybridized carbons (Fsp3) is 0.929. The summed E-state index contributed by atoms with van der Waals surface area (Å²) in [6.45, 7) is 14.3. The van der Waals surface area contributed by atoms with E-state index in [0.29, 0.717) is 6.04 Å². The van der Waals surface area contributed by atoms with Gasteiger partial charge in [0, 0.05) is 57.4 Å². The zero-order valence-electron chi connectivity index (χ0n) is 12.7. The molecule has 0 aromatic rings. The van der Waals surface area contributed by atoms with Crippen molar-refractivity contribution in [3.8, 4) is 0 Å². The molecule has 1 N–H and O–H groups in total. The second-order valence-electron chi connectivity index (χ2n) is 6.22. The van der Waals surface area contributed by atoms with Crippen molar-refractivity contribution in [2.75, 3.05) is 39.3 Å². The van der Waals surface area contributed by atoms with Crippen molar-refractivity contribution in [3.05, 3.63) is 0 Å². The average Bonchev–Trinajstić information content (AvgIpc) is 2.37. The van der Waals surface area contributed by atoms with Gasteiger partial charge in [0.1, 0.15) is 0 Å². The van der Waals surface area contributed by atoms with Gasteiger partial charge in [-0.3, -0.25) is 4.90 Å². The third-order valence-electron chi connectivity index (χ3n) is 4.16. The number of fused-ring (bicyclic) bond motifs is 1. The van der Waals surface area contributed by atoms with Crippen LogP contribution in [0.1, 0.15) is 27.7 Å². The predicted molar refractivity (Wildman–Crippen MR) is 77.3 cm³/mol. The molecule has 2 amide bonds. The molecule has 0 radical (unpaired) electrons. The third kappa shape index (κ3) is 3.20. The van der Waals surface area contributed by atoms with Gasteiger partial charge in [-0.2, -0.15) is 0 Å². The molecule has 5 nitrogen and oxygen atoms in total. The largest absolute Gasteiger partial charge is 0.322 e.